The standard InChI is InChI=1S/C9H9NO2S2/c1-3-12-8(11)7(4-10)9-13-5-6(2)14-9/h5H,3H2,1-2H3/b9-7+. The molecule has 1 heterocycles. The molecule has 0 saturated carbocycles. The van der Waals surface area contributed by atoms with E-state index in [1.54, 1.807) is 6.92 Å². The number of thioether (sulfide) groups is 2. The zero-order valence-corrected chi connectivity index (χ0v) is 9.50. The lowest BCUT2D eigenvalue weighted by atomic mass is 10.3. The first kappa shape index (κ1) is 11.2. The fourth-order valence-electron chi connectivity index (χ4n) is 0.819. The summed E-state index contributed by atoms with van der Waals surface area (Å²) in [5.74, 6) is -0.534. The van der Waals surface area contributed by atoms with Crippen LogP contribution in [-0.4, -0.2) is 12.6 Å². The van der Waals surface area contributed by atoms with Crippen LogP contribution in [0.5, 0.6) is 0 Å². The number of carbonyl (C=O) groups excluding carboxylic acids is 1. The van der Waals surface area contributed by atoms with Gasteiger partial charge in [0.05, 0.1) is 10.8 Å². The summed E-state index contributed by atoms with van der Waals surface area (Å²) in [4.78, 5) is 12.4. The number of esters is 1. The van der Waals surface area contributed by atoms with E-state index in [9.17, 15) is 4.79 Å². The molecule has 0 atom stereocenters. The summed E-state index contributed by atoms with van der Waals surface area (Å²) in [7, 11) is 0. The van der Waals surface area contributed by atoms with Crippen LogP contribution < -0.4 is 0 Å². The van der Waals surface area contributed by atoms with Gasteiger partial charge in [0.15, 0.2) is 5.57 Å². The first-order valence-electron chi connectivity index (χ1n) is 4.01. The van der Waals surface area contributed by atoms with E-state index < -0.39 is 5.97 Å². The number of hydrogen-bond donors (Lipinski definition) is 0. The minimum Gasteiger partial charge on any atom is -0.462 e. The van der Waals surface area contributed by atoms with Crippen LogP contribution in [0.3, 0.4) is 0 Å². The molecule has 0 radical (unpaired) electrons. The van der Waals surface area contributed by atoms with Crippen LogP contribution in [-0.2, 0) is 9.53 Å². The van der Waals surface area contributed by atoms with E-state index in [4.69, 9.17) is 10.00 Å². The average molecular weight is 227 g/mol. The number of allylic oxidation sites excluding steroid dienone is 1. The summed E-state index contributed by atoms with van der Waals surface area (Å²) >= 11 is 2.83. The zero-order valence-electron chi connectivity index (χ0n) is 7.86. The molecule has 74 valence electrons. The molecule has 1 aliphatic rings. The van der Waals surface area contributed by atoms with E-state index in [0.29, 0.717) is 10.8 Å². The molecule has 0 fully saturated rings. The van der Waals surface area contributed by atoms with Gasteiger partial charge in [0, 0.05) is 0 Å². The number of nitriles is 1. The van der Waals surface area contributed by atoms with Gasteiger partial charge in [0.1, 0.15) is 6.07 Å². The van der Waals surface area contributed by atoms with E-state index in [-0.39, 0.29) is 5.57 Å². The number of nitrogens with zero attached hydrogens (tertiary/aromatic N) is 1. The lowest BCUT2D eigenvalue weighted by molar-refractivity contribution is -0.138. The Labute approximate surface area is 91.2 Å². The van der Waals surface area contributed by atoms with Crippen molar-refractivity contribution in [2.45, 2.75) is 13.8 Å². The van der Waals surface area contributed by atoms with Crippen LogP contribution in [0.2, 0.25) is 0 Å². The minimum atomic E-state index is -0.534. The van der Waals surface area contributed by atoms with Crippen LogP contribution in [0.4, 0.5) is 0 Å². The Hall–Kier alpha value is -0.860. The summed E-state index contributed by atoms with van der Waals surface area (Å²) in [6.45, 7) is 3.94. The lowest BCUT2D eigenvalue weighted by Crippen LogP contribution is -2.07. The molecule has 0 amide bonds. The van der Waals surface area contributed by atoms with Crippen LogP contribution in [0.25, 0.3) is 0 Å². The molecule has 0 aliphatic carbocycles. The molecule has 0 bridgehead atoms. The second-order valence-corrected chi connectivity index (χ2v) is 4.84. The van der Waals surface area contributed by atoms with E-state index in [1.807, 2.05) is 18.4 Å². The molecule has 0 spiro atoms. The Balaban J connectivity index is 2.83. The number of carbonyl (C=O) groups is 1. The topological polar surface area (TPSA) is 50.1 Å². The first-order chi connectivity index (χ1) is 6.69. The van der Waals surface area contributed by atoms with Crippen molar-refractivity contribution in [1.82, 2.24) is 0 Å². The second-order valence-electron chi connectivity index (χ2n) is 2.44. The summed E-state index contributed by atoms with van der Waals surface area (Å²) in [5, 5.41) is 10.7. The number of hydrogen-bond acceptors (Lipinski definition) is 5. The molecule has 0 aromatic rings. The second kappa shape index (κ2) is 5.13. The minimum absolute atomic E-state index is 0.106. The van der Waals surface area contributed by atoms with Crippen LogP contribution in [0, 0.1) is 11.3 Å². The van der Waals surface area contributed by atoms with Gasteiger partial charge in [-0.15, -0.1) is 0 Å². The third-order valence-corrected chi connectivity index (χ3v) is 3.79. The first-order valence-corrected chi connectivity index (χ1v) is 5.71. The summed E-state index contributed by atoms with van der Waals surface area (Å²) in [6, 6.07) is 1.88. The molecule has 0 aromatic heterocycles. The van der Waals surface area contributed by atoms with Crippen LogP contribution in [0.1, 0.15) is 13.8 Å². The molecule has 0 unspecified atom stereocenters. The molecule has 1 rings (SSSR count). The summed E-state index contributed by atoms with van der Waals surface area (Å²) < 4.78 is 5.48. The molecule has 1 aliphatic heterocycles. The van der Waals surface area contributed by atoms with E-state index >= 15 is 0 Å². The van der Waals surface area contributed by atoms with Crippen molar-refractivity contribution < 1.29 is 9.53 Å². The quantitative estimate of drug-likeness (QED) is 0.412. The normalized spacial score (nSPS) is 18.5. The van der Waals surface area contributed by atoms with Gasteiger partial charge >= 0.3 is 5.97 Å². The molecule has 3 nitrogen and oxygen atoms in total. The Kier molecular flexibility index (Phi) is 4.11. The van der Waals surface area contributed by atoms with Crippen molar-refractivity contribution in [3.63, 3.8) is 0 Å². The average Bonchev–Trinajstić information content (AvgIpc) is 2.54. The van der Waals surface area contributed by atoms with Crippen molar-refractivity contribution in [2.24, 2.45) is 0 Å². The molecule has 0 N–H and O–H groups in total. The highest BCUT2D eigenvalue weighted by Crippen LogP contribution is 2.44. The van der Waals surface area contributed by atoms with Crippen molar-refractivity contribution in [1.29, 1.82) is 5.26 Å². The Morgan fingerprint density at radius 2 is 2.43 bits per heavy atom. The Morgan fingerprint density at radius 3 is 2.86 bits per heavy atom. The smallest absolute Gasteiger partial charge is 0.350 e. The molecule has 0 saturated heterocycles. The van der Waals surface area contributed by atoms with Crippen LogP contribution in [0.15, 0.2) is 20.1 Å². The molecule has 5 heteroatoms. The van der Waals surface area contributed by atoms with Gasteiger partial charge in [-0.25, -0.2) is 4.79 Å². The maximum atomic E-state index is 11.3. The van der Waals surface area contributed by atoms with Crippen molar-refractivity contribution >= 4 is 29.5 Å². The maximum absolute atomic E-state index is 11.3. The van der Waals surface area contributed by atoms with Gasteiger partial charge in [0.2, 0.25) is 0 Å². The van der Waals surface area contributed by atoms with E-state index in [0.717, 1.165) is 4.91 Å². The highest BCUT2D eigenvalue weighted by atomic mass is 32.2. The summed E-state index contributed by atoms with van der Waals surface area (Å²) in [5.41, 5.74) is 0.106. The van der Waals surface area contributed by atoms with Crippen molar-refractivity contribution in [3.8, 4) is 6.07 Å². The van der Waals surface area contributed by atoms with Crippen molar-refractivity contribution in [2.75, 3.05) is 6.61 Å². The van der Waals surface area contributed by atoms with Gasteiger partial charge in [-0.1, -0.05) is 23.5 Å². The van der Waals surface area contributed by atoms with Gasteiger partial charge < -0.3 is 4.74 Å². The molecular formula is C9H9NO2S2. The molecule has 0 aromatic carbocycles. The third-order valence-electron chi connectivity index (χ3n) is 1.38. The molecule has 14 heavy (non-hydrogen) atoms. The fourth-order valence-corrected chi connectivity index (χ4v) is 2.93. The van der Waals surface area contributed by atoms with Crippen LogP contribution >= 0.6 is 23.5 Å². The monoisotopic (exact) mass is 227 g/mol. The number of ether oxygens (including phenoxy) is 1. The molecular weight excluding hydrogens is 218 g/mol. The van der Waals surface area contributed by atoms with Gasteiger partial charge in [-0.2, -0.15) is 5.26 Å². The van der Waals surface area contributed by atoms with Crippen molar-refractivity contribution in [3.05, 3.63) is 20.1 Å². The van der Waals surface area contributed by atoms with Gasteiger partial charge in [0.25, 0.3) is 0 Å². The predicted octanol–water partition coefficient (Wildman–Crippen LogP) is 2.63. The zero-order chi connectivity index (χ0) is 10.6. The highest BCUT2D eigenvalue weighted by molar-refractivity contribution is 8.28. The van der Waals surface area contributed by atoms with Gasteiger partial charge in [-0.05, 0) is 24.2 Å². The van der Waals surface area contributed by atoms with Gasteiger partial charge in [-0.3, -0.25) is 0 Å². The van der Waals surface area contributed by atoms with E-state index in [1.165, 1.54) is 23.5 Å². The van der Waals surface area contributed by atoms with E-state index in [2.05, 4.69) is 0 Å². The Morgan fingerprint density at radius 1 is 1.71 bits per heavy atom. The predicted molar refractivity (Wildman–Crippen MR) is 58.2 cm³/mol. The SMILES string of the molecule is CCOC(=O)/C(C#N)=C1\SC=C(C)S1. The number of rotatable bonds is 2. The maximum Gasteiger partial charge on any atom is 0.350 e. The lowest BCUT2D eigenvalue weighted by Gasteiger charge is -2.01. The fraction of sp³-hybridized carbons (Fsp3) is 0.333. The Bertz CT molecular complexity index is 352. The highest BCUT2D eigenvalue weighted by Gasteiger charge is 2.20. The summed E-state index contributed by atoms with van der Waals surface area (Å²) in [6.07, 6.45) is 0. The largest absolute Gasteiger partial charge is 0.462 e. The third kappa shape index (κ3) is 2.56.